The molecular weight excluding hydrogens is 636 g/mol. The lowest BCUT2D eigenvalue weighted by Crippen LogP contribution is -2.71. The molecule has 1 saturated heterocycles. The molecule has 3 aromatic rings. The average Bonchev–Trinajstić information content (AvgIpc) is 3.55. The number of carboxylic acids is 2. The van der Waals surface area contributed by atoms with Crippen LogP contribution in [0.2, 0.25) is 4.34 Å². The number of aromatic nitrogens is 3. The Morgan fingerprint density at radius 3 is 2.77 bits per heavy atom. The molecule has 5 heterocycles. The quantitative estimate of drug-likeness (QED) is 0.0779. The molecule has 232 valence electrons. The molecule has 0 bridgehead atoms. The van der Waals surface area contributed by atoms with Gasteiger partial charge in [0, 0.05) is 36.7 Å². The van der Waals surface area contributed by atoms with Gasteiger partial charge in [0.05, 0.1) is 10.9 Å². The molecule has 3 aromatic heterocycles. The number of β-lactam (4-membered cyclic amide) rings is 1. The third kappa shape index (κ3) is 6.08. The summed E-state index contributed by atoms with van der Waals surface area (Å²) in [6, 6.07) is 2.86. The highest BCUT2D eigenvalue weighted by Crippen LogP contribution is 2.40. The van der Waals surface area contributed by atoms with E-state index >= 15 is 0 Å². The van der Waals surface area contributed by atoms with Gasteiger partial charge in [-0.25, -0.2) is 19.1 Å². The van der Waals surface area contributed by atoms with Crippen LogP contribution in [0.3, 0.4) is 0 Å². The number of halogens is 1. The molecule has 0 aliphatic carbocycles. The van der Waals surface area contributed by atoms with Crippen molar-refractivity contribution in [1.82, 2.24) is 25.1 Å². The third-order valence-electron chi connectivity index (χ3n) is 6.97. The Bertz CT molecular complexity index is 1720. The molecule has 5 rings (SSSR count). The number of hydrogen-bond acceptors (Lipinski definition) is 11. The van der Waals surface area contributed by atoms with Gasteiger partial charge in [0.1, 0.15) is 27.1 Å². The van der Waals surface area contributed by atoms with Crippen molar-refractivity contribution < 1.29 is 38.8 Å². The van der Waals surface area contributed by atoms with Crippen molar-refractivity contribution in [3.05, 3.63) is 52.0 Å². The first-order chi connectivity index (χ1) is 21.0. The van der Waals surface area contributed by atoms with Gasteiger partial charge in [-0.2, -0.15) is 0 Å². The summed E-state index contributed by atoms with van der Waals surface area (Å²) < 4.78 is 4.00. The molecule has 15 nitrogen and oxygen atoms in total. The van der Waals surface area contributed by atoms with Crippen LogP contribution in [0.15, 0.2) is 47.1 Å². The largest absolute Gasteiger partial charge is 0.478 e. The van der Waals surface area contributed by atoms with E-state index in [9.17, 15) is 24.3 Å². The van der Waals surface area contributed by atoms with E-state index in [-0.39, 0.29) is 27.4 Å². The Kier molecular flexibility index (Phi) is 9.10. The Morgan fingerprint density at radius 1 is 1.34 bits per heavy atom. The zero-order chi connectivity index (χ0) is 31.7. The van der Waals surface area contributed by atoms with Gasteiger partial charge in [-0.05, 0) is 20.0 Å². The lowest BCUT2D eigenvalue weighted by atomic mass is 10.0. The summed E-state index contributed by atoms with van der Waals surface area (Å²) in [6.07, 6.45) is 4.39. The number of nitrogens with zero attached hydrogens (tertiary/aromatic N) is 5. The lowest BCUT2D eigenvalue weighted by Gasteiger charge is -2.49. The van der Waals surface area contributed by atoms with Crippen molar-refractivity contribution in [2.24, 2.45) is 5.16 Å². The number of amides is 2. The number of carboxylic acid groups (broad SMARTS) is 2. The number of fused-ring (bicyclic) bond motifs is 2. The van der Waals surface area contributed by atoms with E-state index in [4.69, 9.17) is 27.3 Å². The molecule has 1 fully saturated rings. The summed E-state index contributed by atoms with van der Waals surface area (Å²) in [5.41, 5.74) is 6.52. The van der Waals surface area contributed by atoms with Gasteiger partial charge >= 0.3 is 11.9 Å². The number of thiazole rings is 1. The lowest BCUT2D eigenvalue weighted by molar-refractivity contribution is -0.687. The zero-order valence-corrected chi connectivity index (χ0v) is 25.8. The summed E-state index contributed by atoms with van der Waals surface area (Å²) in [5.74, 6) is -3.84. The van der Waals surface area contributed by atoms with E-state index in [0.29, 0.717) is 11.3 Å². The van der Waals surface area contributed by atoms with E-state index in [1.54, 1.807) is 0 Å². The minimum Gasteiger partial charge on any atom is -0.478 e. The molecule has 18 heteroatoms. The molecule has 6 N–H and O–H groups in total. The van der Waals surface area contributed by atoms with Gasteiger partial charge in [-0.1, -0.05) is 28.1 Å². The van der Waals surface area contributed by atoms with Gasteiger partial charge < -0.3 is 36.0 Å². The van der Waals surface area contributed by atoms with Crippen LogP contribution in [0.4, 0.5) is 5.13 Å². The van der Waals surface area contributed by atoms with Gasteiger partial charge in [-0.3, -0.25) is 14.5 Å². The first-order valence-corrected chi connectivity index (χ1v) is 15.5. The van der Waals surface area contributed by atoms with E-state index in [1.807, 2.05) is 42.3 Å². The van der Waals surface area contributed by atoms with Crippen LogP contribution in [-0.2, 0) is 37.1 Å². The maximum Gasteiger partial charge on any atom is 0.352 e. The van der Waals surface area contributed by atoms with Crippen molar-refractivity contribution >= 4 is 80.2 Å². The fraction of sp³-hybridized carbons (Fsp3) is 0.346. The molecular formula is C26H28ClN8O7S2+. The molecule has 2 aliphatic heterocycles. The minimum atomic E-state index is -1.40. The van der Waals surface area contributed by atoms with E-state index in [2.05, 4.69) is 25.3 Å². The molecule has 0 saturated carbocycles. The number of carbonyl (C=O) groups excluding carboxylic acids is 2. The number of nitrogen functional groups attached to an aromatic ring is 1. The van der Waals surface area contributed by atoms with Gasteiger partial charge in [0.15, 0.2) is 29.8 Å². The molecule has 0 radical (unpaired) electrons. The normalized spacial score (nSPS) is 19.0. The smallest absolute Gasteiger partial charge is 0.352 e. The van der Waals surface area contributed by atoms with Crippen LogP contribution in [0.25, 0.3) is 10.9 Å². The summed E-state index contributed by atoms with van der Waals surface area (Å²) in [6.45, 7) is 3.08. The SMILES string of the molecule is CNCCn1ccc2c[n+](CC3=C(C(=O)O)N4C(=O)[C@@H](NC(=O)/C(=N\O[C@@H](C)C(=O)O)c5nc(N)sc5Cl)C4SC3)ccc21. The fourth-order valence-corrected chi connectivity index (χ4v) is 7.05. The molecule has 1 unspecified atom stereocenters. The Balaban J connectivity index is 1.35. The maximum absolute atomic E-state index is 13.3. The number of nitrogens with two attached hydrogens (primary N) is 1. The predicted molar refractivity (Wildman–Crippen MR) is 162 cm³/mol. The van der Waals surface area contributed by atoms with Crippen LogP contribution < -0.4 is 20.9 Å². The highest BCUT2D eigenvalue weighted by Gasteiger charge is 2.55. The second-order valence-electron chi connectivity index (χ2n) is 9.89. The summed E-state index contributed by atoms with van der Waals surface area (Å²) >= 11 is 8.33. The topological polar surface area (TPSA) is 205 Å². The van der Waals surface area contributed by atoms with Crippen molar-refractivity contribution in [1.29, 1.82) is 0 Å². The van der Waals surface area contributed by atoms with Crippen molar-refractivity contribution in [2.75, 3.05) is 25.1 Å². The first-order valence-electron chi connectivity index (χ1n) is 13.2. The molecule has 0 spiro atoms. The van der Waals surface area contributed by atoms with Crippen molar-refractivity contribution in [2.45, 2.75) is 37.5 Å². The highest BCUT2D eigenvalue weighted by atomic mass is 35.5. The monoisotopic (exact) mass is 663 g/mol. The number of pyridine rings is 1. The number of aliphatic carboxylic acids is 2. The van der Waals surface area contributed by atoms with Crippen LogP contribution in [0.1, 0.15) is 12.6 Å². The molecule has 2 aliphatic rings. The third-order valence-corrected chi connectivity index (χ3v) is 9.40. The summed E-state index contributed by atoms with van der Waals surface area (Å²) in [5, 5.41) is 28.9. The van der Waals surface area contributed by atoms with Crippen LogP contribution in [0.5, 0.6) is 0 Å². The van der Waals surface area contributed by atoms with Crippen molar-refractivity contribution in [3.8, 4) is 0 Å². The molecule has 3 atom stereocenters. The molecule has 44 heavy (non-hydrogen) atoms. The number of rotatable bonds is 12. The number of nitrogens with one attached hydrogen (secondary N) is 2. The van der Waals surface area contributed by atoms with Gasteiger partial charge in [0.2, 0.25) is 6.10 Å². The Morgan fingerprint density at radius 2 is 2.11 bits per heavy atom. The maximum atomic E-state index is 13.3. The van der Waals surface area contributed by atoms with E-state index in [0.717, 1.165) is 40.2 Å². The number of hydrogen-bond donors (Lipinski definition) is 5. The van der Waals surface area contributed by atoms with Crippen LogP contribution in [0, 0.1) is 0 Å². The second kappa shape index (κ2) is 12.8. The van der Waals surface area contributed by atoms with Gasteiger partial charge in [-0.15, -0.1) is 11.8 Å². The fourth-order valence-electron chi connectivity index (χ4n) is 4.78. The van der Waals surface area contributed by atoms with E-state index in [1.165, 1.54) is 18.7 Å². The van der Waals surface area contributed by atoms with Crippen LogP contribution in [-0.4, -0.2) is 91.0 Å². The Labute approximate surface area is 263 Å². The summed E-state index contributed by atoms with van der Waals surface area (Å²) in [4.78, 5) is 60.2. The Hall–Kier alpha value is -4.19. The number of thioether (sulfide) groups is 1. The zero-order valence-electron chi connectivity index (χ0n) is 23.4. The van der Waals surface area contributed by atoms with E-state index < -0.39 is 47.0 Å². The molecule has 2 amide bonds. The molecule has 0 aromatic carbocycles. The van der Waals surface area contributed by atoms with Crippen LogP contribution >= 0.6 is 34.7 Å². The predicted octanol–water partition coefficient (Wildman–Crippen LogP) is 0.473. The summed E-state index contributed by atoms with van der Waals surface area (Å²) in [7, 11) is 1.89. The first kappa shape index (κ1) is 31.2. The number of anilines is 1. The van der Waals surface area contributed by atoms with Gasteiger partial charge in [0.25, 0.3) is 11.8 Å². The number of carbonyl (C=O) groups is 4. The highest BCUT2D eigenvalue weighted by molar-refractivity contribution is 8.00. The number of oxime groups is 1. The standard InChI is InChI=1S/C26H27ClN8O7S2/c1-12(24(38)39)42-32-17(16-20(27)44-26(28)31-16)21(36)30-18-22(37)35-19(25(40)41)14(11-43-23(18)35)10-33-6-4-15-13(9-33)3-7-34(15)8-5-29-2/h3-4,6-7,9,12,18,23,29H,5,8,10-11H2,1-2H3,(H4-,28,30,31,36,38,39,40,41)/p+1/b32-17-/t12-,18+,23?/m0/s1. The second-order valence-corrected chi connectivity index (χ2v) is 12.6. The average molecular weight is 664 g/mol. The number of likely N-dealkylation sites (N-methyl/N-ethyl adjacent to an activating group) is 1. The van der Waals surface area contributed by atoms with Crippen molar-refractivity contribution in [3.63, 3.8) is 0 Å². The minimum absolute atomic E-state index is 0.00235.